The van der Waals surface area contributed by atoms with Crippen LogP contribution in [-0.4, -0.2) is 29.6 Å². The molecule has 1 N–H and O–H groups in total. The highest BCUT2D eigenvalue weighted by Gasteiger charge is 2.13. The van der Waals surface area contributed by atoms with Crippen LogP contribution >= 0.6 is 0 Å². The fourth-order valence-corrected chi connectivity index (χ4v) is 1.88. The lowest BCUT2D eigenvalue weighted by molar-refractivity contribution is 0.502. The smallest absolute Gasteiger partial charge is 0.134 e. The highest BCUT2D eigenvalue weighted by molar-refractivity contribution is 5.48. The molecule has 1 rings (SSSR count). The number of hydrogen-bond acceptors (Lipinski definition) is 4. The predicted molar refractivity (Wildman–Crippen MR) is 73.5 cm³/mol. The van der Waals surface area contributed by atoms with Gasteiger partial charge in [0.15, 0.2) is 0 Å². The van der Waals surface area contributed by atoms with Crippen molar-refractivity contribution < 1.29 is 0 Å². The Morgan fingerprint density at radius 2 is 2.00 bits per heavy atom. The van der Waals surface area contributed by atoms with Crippen LogP contribution in [0.15, 0.2) is 12.4 Å². The Bertz CT molecular complexity index is 338. The lowest BCUT2D eigenvalue weighted by atomic mass is 10.0. The Morgan fingerprint density at radius 1 is 1.29 bits per heavy atom. The van der Waals surface area contributed by atoms with Gasteiger partial charge in [-0.3, -0.25) is 0 Å². The van der Waals surface area contributed by atoms with Crippen molar-refractivity contribution in [2.45, 2.75) is 40.2 Å². The molecule has 96 valence electrons. The van der Waals surface area contributed by atoms with Crippen molar-refractivity contribution in [3.05, 3.63) is 12.4 Å². The summed E-state index contributed by atoms with van der Waals surface area (Å²) in [6.07, 6.45) is 2.78. The molecule has 1 aromatic rings. The van der Waals surface area contributed by atoms with Crippen LogP contribution in [0.2, 0.25) is 0 Å². The summed E-state index contributed by atoms with van der Waals surface area (Å²) in [4.78, 5) is 10.7. The van der Waals surface area contributed by atoms with E-state index in [1.165, 1.54) is 0 Å². The summed E-state index contributed by atoms with van der Waals surface area (Å²) in [5, 5.41) is 3.20. The second-order valence-electron chi connectivity index (χ2n) is 4.88. The van der Waals surface area contributed by atoms with Crippen LogP contribution in [0.5, 0.6) is 0 Å². The van der Waals surface area contributed by atoms with Gasteiger partial charge in [0, 0.05) is 25.7 Å². The molecule has 17 heavy (non-hydrogen) atoms. The van der Waals surface area contributed by atoms with E-state index in [-0.39, 0.29) is 0 Å². The standard InChI is InChI=1S/C13H24N4/c1-6-14-12-8-13(16-9-15-12)17(5)11(4)7-10(2)3/h8-11H,6-7H2,1-5H3,(H,14,15,16). The van der Waals surface area contributed by atoms with Crippen molar-refractivity contribution >= 4 is 11.6 Å². The van der Waals surface area contributed by atoms with E-state index in [1.807, 2.05) is 6.07 Å². The number of anilines is 2. The summed E-state index contributed by atoms with van der Waals surface area (Å²) in [5.41, 5.74) is 0. The maximum atomic E-state index is 4.32. The maximum Gasteiger partial charge on any atom is 0.134 e. The zero-order valence-corrected chi connectivity index (χ0v) is 11.6. The van der Waals surface area contributed by atoms with E-state index in [4.69, 9.17) is 0 Å². The third-order valence-electron chi connectivity index (χ3n) is 2.85. The fraction of sp³-hybridized carbons (Fsp3) is 0.692. The first-order chi connectivity index (χ1) is 8.04. The number of nitrogens with zero attached hydrogens (tertiary/aromatic N) is 3. The summed E-state index contributed by atoms with van der Waals surface area (Å²) in [7, 11) is 2.09. The van der Waals surface area contributed by atoms with Gasteiger partial charge >= 0.3 is 0 Å². The van der Waals surface area contributed by atoms with E-state index < -0.39 is 0 Å². The molecule has 0 saturated carbocycles. The molecule has 4 nitrogen and oxygen atoms in total. The van der Waals surface area contributed by atoms with Crippen LogP contribution in [0.25, 0.3) is 0 Å². The molecule has 1 unspecified atom stereocenters. The van der Waals surface area contributed by atoms with Gasteiger partial charge in [0.1, 0.15) is 18.0 Å². The molecular formula is C13H24N4. The third-order valence-corrected chi connectivity index (χ3v) is 2.85. The van der Waals surface area contributed by atoms with Crippen molar-refractivity contribution in [2.24, 2.45) is 5.92 Å². The molecule has 0 amide bonds. The van der Waals surface area contributed by atoms with Gasteiger partial charge in [0.2, 0.25) is 0 Å². The number of nitrogens with one attached hydrogen (secondary N) is 1. The van der Waals surface area contributed by atoms with Crippen LogP contribution in [0, 0.1) is 5.92 Å². The van der Waals surface area contributed by atoms with Gasteiger partial charge in [0.25, 0.3) is 0 Å². The molecule has 0 radical (unpaired) electrons. The Hall–Kier alpha value is -1.32. The average Bonchev–Trinajstić information content (AvgIpc) is 2.28. The van der Waals surface area contributed by atoms with Gasteiger partial charge in [-0.15, -0.1) is 0 Å². The van der Waals surface area contributed by atoms with Crippen LogP contribution < -0.4 is 10.2 Å². The van der Waals surface area contributed by atoms with E-state index in [0.717, 1.165) is 24.6 Å². The highest BCUT2D eigenvalue weighted by Crippen LogP contribution is 2.18. The van der Waals surface area contributed by atoms with Crippen LogP contribution in [0.4, 0.5) is 11.6 Å². The van der Waals surface area contributed by atoms with Gasteiger partial charge in [-0.05, 0) is 26.2 Å². The molecule has 0 bridgehead atoms. The van der Waals surface area contributed by atoms with Crippen molar-refractivity contribution in [1.82, 2.24) is 9.97 Å². The van der Waals surface area contributed by atoms with E-state index in [9.17, 15) is 0 Å². The Morgan fingerprint density at radius 3 is 2.59 bits per heavy atom. The monoisotopic (exact) mass is 236 g/mol. The Kier molecular flexibility index (Phi) is 5.19. The van der Waals surface area contributed by atoms with E-state index in [1.54, 1.807) is 6.33 Å². The molecule has 0 saturated heterocycles. The molecule has 4 heteroatoms. The van der Waals surface area contributed by atoms with E-state index in [0.29, 0.717) is 12.0 Å². The molecule has 1 aromatic heterocycles. The lowest BCUT2D eigenvalue weighted by Gasteiger charge is -2.27. The molecule has 0 aromatic carbocycles. The van der Waals surface area contributed by atoms with Crippen molar-refractivity contribution in [2.75, 3.05) is 23.8 Å². The summed E-state index contributed by atoms with van der Waals surface area (Å²) in [5.74, 6) is 2.56. The molecule has 0 aliphatic heterocycles. The lowest BCUT2D eigenvalue weighted by Crippen LogP contribution is -2.30. The van der Waals surface area contributed by atoms with Crippen LogP contribution in [0.1, 0.15) is 34.1 Å². The first-order valence-corrected chi connectivity index (χ1v) is 6.33. The zero-order valence-electron chi connectivity index (χ0n) is 11.6. The summed E-state index contributed by atoms with van der Waals surface area (Å²) in [6, 6.07) is 2.49. The number of aromatic nitrogens is 2. The Labute approximate surface area is 104 Å². The quantitative estimate of drug-likeness (QED) is 0.824. The highest BCUT2D eigenvalue weighted by atomic mass is 15.2. The first-order valence-electron chi connectivity index (χ1n) is 6.33. The topological polar surface area (TPSA) is 41.0 Å². The van der Waals surface area contributed by atoms with Gasteiger partial charge in [-0.2, -0.15) is 0 Å². The number of hydrogen-bond donors (Lipinski definition) is 1. The Balaban J connectivity index is 2.73. The molecule has 0 aliphatic rings. The SMILES string of the molecule is CCNc1cc(N(C)C(C)CC(C)C)ncn1. The predicted octanol–water partition coefficient (Wildman–Crippen LogP) is 2.78. The summed E-state index contributed by atoms with van der Waals surface area (Å²) in [6.45, 7) is 9.66. The second kappa shape index (κ2) is 6.42. The maximum absolute atomic E-state index is 4.32. The van der Waals surface area contributed by atoms with Crippen LogP contribution in [0.3, 0.4) is 0 Å². The fourth-order valence-electron chi connectivity index (χ4n) is 1.88. The van der Waals surface area contributed by atoms with Gasteiger partial charge < -0.3 is 10.2 Å². The van der Waals surface area contributed by atoms with Gasteiger partial charge in [-0.25, -0.2) is 9.97 Å². The molecule has 1 heterocycles. The average molecular weight is 236 g/mol. The van der Waals surface area contributed by atoms with Gasteiger partial charge in [0.05, 0.1) is 0 Å². The van der Waals surface area contributed by atoms with Crippen molar-refractivity contribution in [3.8, 4) is 0 Å². The molecular weight excluding hydrogens is 212 g/mol. The minimum absolute atomic E-state index is 0.486. The second-order valence-corrected chi connectivity index (χ2v) is 4.88. The van der Waals surface area contributed by atoms with E-state index >= 15 is 0 Å². The summed E-state index contributed by atoms with van der Waals surface area (Å²) < 4.78 is 0. The first kappa shape index (κ1) is 13.7. The van der Waals surface area contributed by atoms with Crippen molar-refractivity contribution in [3.63, 3.8) is 0 Å². The molecule has 0 aliphatic carbocycles. The van der Waals surface area contributed by atoms with Crippen LogP contribution in [-0.2, 0) is 0 Å². The molecule has 1 atom stereocenters. The minimum atomic E-state index is 0.486. The largest absolute Gasteiger partial charge is 0.370 e. The van der Waals surface area contributed by atoms with E-state index in [2.05, 4.69) is 54.9 Å². The van der Waals surface area contributed by atoms with Gasteiger partial charge in [-0.1, -0.05) is 13.8 Å². The normalized spacial score (nSPS) is 12.6. The molecule has 0 fully saturated rings. The zero-order chi connectivity index (χ0) is 12.8. The summed E-state index contributed by atoms with van der Waals surface area (Å²) >= 11 is 0. The third kappa shape index (κ3) is 4.21. The number of rotatable bonds is 6. The van der Waals surface area contributed by atoms with Crippen molar-refractivity contribution in [1.29, 1.82) is 0 Å². The minimum Gasteiger partial charge on any atom is -0.370 e. The molecule has 0 spiro atoms.